The second-order valence-corrected chi connectivity index (χ2v) is 8.39. The molecule has 0 bridgehead atoms. The van der Waals surface area contributed by atoms with E-state index in [1.165, 1.54) is 11.8 Å². The molecule has 0 unspecified atom stereocenters. The Morgan fingerprint density at radius 2 is 1.35 bits per heavy atom. The van der Waals surface area contributed by atoms with E-state index in [2.05, 4.69) is 0 Å². The Kier molecular flexibility index (Phi) is 7.73. The van der Waals surface area contributed by atoms with E-state index in [1.54, 1.807) is 27.7 Å². The van der Waals surface area contributed by atoms with Gasteiger partial charge in [0.15, 0.2) is 6.29 Å². The molecule has 0 aliphatic carbocycles. The van der Waals surface area contributed by atoms with Crippen molar-refractivity contribution in [2.45, 2.75) is 64.2 Å². The number of hydrogen-bond acceptors (Lipinski definition) is 4. The molecule has 0 rings (SSSR count). The van der Waals surface area contributed by atoms with Crippen molar-refractivity contribution in [1.82, 2.24) is 4.90 Å². The van der Waals surface area contributed by atoms with Crippen LogP contribution in [0.25, 0.3) is 0 Å². The van der Waals surface area contributed by atoms with Crippen LogP contribution in [0.5, 0.6) is 0 Å². The first-order valence-corrected chi connectivity index (χ1v) is 7.89. The molecule has 0 aromatic heterocycles. The van der Waals surface area contributed by atoms with Crippen LogP contribution in [-0.4, -0.2) is 51.0 Å². The maximum Gasteiger partial charge on any atom is 0.467 e. The van der Waals surface area contributed by atoms with Gasteiger partial charge in [-0.05, 0) is 18.6 Å². The Hall–Kier alpha value is -0.190. The van der Waals surface area contributed by atoms with Gasteiger partial charge in [0.05, 0.1) is 0 Å². The van der Waals surface area contributed by atoms with Gasteiger partial charge >= 0.3 is 12.6 Å². The van der Waals surface area contributed by atoms with Gasteiger partial charge in [0.25, 0.3) is 0 Å². The predicted octanol–water partition coefficient (Wildman–Crippen LogP) is 3.96. The molecule has 140 valence electrons. The lowest BCUT2D eigenvalue weighted by molar-refractivity contribution is -0.372. The third-order valence-electron chi connectivity index (χ3n) is 3.21. The van der Waals surface area contributed by atoms with Crippen LogP contribution >= 0.6 is 11.8 Å². The van der Waals surface area contributed by atoms with Crippen LogP contribution in [0.3, 0.4) is 0 Å². The lowest BCUT2D eigenvalue weighted by Crippen LogP contribution is -2.48. The standard InChI is InChI=1S/C13H23F6NO2S/c1-10(2,9(21)22)8-11(3,4)23-7-5-6-20(12(14,15)16)13(17,18)19/h9,21-22H,5-8H2,1-4H3. The lowest BCUT2D eigenvalue weighted by atomic mass is 9.83. The lowest BCUT2D eigenvalue weighted by Gasteiger charge is -2.35. The van der Waals surface area contributed by atoms with Crippen LogP contribution in [0.1, 0.15) is 40.5 Å². The second kappa shape index (κ2) is 7.79. The molecule has 0 saturated heterocycles. The quantitative estimate of drug-likeness (QED) is 0.293. The van der Waals surface area contributed by atoms with E-state index >= 15 is 0 Å². The van der Waals surface area contributed by atoms with Crippen LogP contribution in [0.2, 0.25) is 0 Å². The zero-order chi connectivity index (χ0) is 18.7. The van der Waals surface area contributed by atoms with Gasteiger partial charge in [-0.2, -0.15) is 38.1 Å². The highest BCUT2D eigenvalue weighted by atomic mass is 32.2. The summed E-state index contributed by atoms with van der Waals surface area (Å²) in [6.45, 7) is 5.59. The average molecular weight is 371 g/mol. The maximum atomic E-state index is 12.3. The molecule has 23 heavy (non-hydrogen) atoms. The number of rotatable bonds is 8. The molecular formula is C13H23F6NO2S. The number of hydrogen-bond donors (Lipinski definition) is 2. The second-order valence-electron chi connectivity index (χ2n) is 6.59. The molecule has 0 saturated carbocycles. The number of halogens is 6. The van der Waals surface area contributed by atoms with Gasteiger partial charge in [0.1, 0.15) is 0 Å². The highest BCUT2D eigenvalue weighted by Crippen LogP contribution is 2.39. The Bertz CT molecular complexity index is 354. The largest absolute Gasteiger partial charge is 0.467 e. The monoisotopic (exact) mass is 371 g/mol. The Morgan fingerprint density at radius 1 is 0.913 bits per heavy atom. The van der Waals surface area contributed by atoms with Crippen LogP contribution < -0.4 is 0 Å². The first-order valence-electron chi connectivity index (χ1n) is 6.90. The molecule has 0 aromatic carbocycles. The normalized spacial score (nSPS) is 14.9. The van der Waals surface area contributed by atoms with E-state index in [9.17, 15) is 36.6 Å². The van der Waals surface area contributed by atoms with Crippen LogP contribution in [-0.2, 0) is 0 Å². The first-order chi connectivity index (χ1) is 9.99. The van der Waals surface area contributed by atoms with Gasteiger partial charge in [-0.1, -0.05) is 27.7 Å². The summed E-state index contributed by atoms with van der Waals surface area (Å²) in [4.78, 5) is -1.44. The summed E-state index contributed by atoms with van der Waals surface area (Å²) in [6.07, 6.45) is -12.4. The molecule has 10 heteroatoms. The third-order valence-corrected chi connectivity index (χ3v) is 4.63. The minimum atomic E-state index is -5.46. The van der Waals surface area contributed by atoms with E-state index in [0.717, 1.165) is 0 Å². The van der Waals surface area contributed by atoms with Crippen molar-refractivity contribution in [3.63, 3.8) is 0 Å². The van der Waals surface area contributed by atoms with Crippen LogP contribution in [0.15, 0.2) is 0 Å². The number of alkyl halides is 6. The molecule has 0 amide bonds. The summed E-state index contributed by atoms with van der Waals surface area (Å²) in [5.74, 6) is 0.0905. The van der Waals surface area contributed by atoms with Crippen molar-refractivity contribution in [1.29, 1.82) is 0 Å². The number of nitrogens with zero attached hydrogens (tertiary/aromatic N) is 1. The highest BCUT2D eigenvalue weighted by Gasteiger charge is 2.53. The molecule has 2 N–H and O–H groups in total. The Morgan fingerprint density at radius 3 is 1.70 bits per heavy atom. The average Bonchev–Trinajstić information content (AvgIpc) is 2.22. The van der Waals surface area contributed by atoms with Gasteiger partial charge in [0.2, 0.25) is 0 Å². The van der Waals surface area contributed by atoms with Gasteiger partial charge < -0.3 is 10.2 Å². The summed E-state index contributed by atoms with van der Waals surface area (Å²) in [5, 5.41) is 18.5. The molecule has 3 nitrogen and oxygen atoms in total. The first kappa shape index (κ1) is 22.8. The van der Waals surface area contributed by atoms with Gasteiger partial charge in [-0.15, -0.1) is 4.90 Å². The summed E-state index contributed by atoms with van der Waals surface area (Å²) < 4.78 is 73.5. The Balaban J connectivity index is 4.49. The van der Waals surface area contributed by atoms with E-state index in [-0.39, 0.29) is 12.2 Å². The molecule has 0 atom stereocenters. The van der Waals surface area contributed by atoms with Crippen molar-refractivity contribution < 1.29 is 36.6 Å². The minimum Gasteiger partial charge on any atom is -0.368 e. The molecule has 0 aliphatic heterocycles. The topological polar surface area (TPSA) is 43.7 Å². The fourth-order valence-electron chi connectivity index (χ4n) is 2.21. The SMILES string of the molecule is CC(C)(CC(C)(C)C(O)O)SCCCN(C(F)(F)F)C(F)(F)F. The molecular weight excluding hydrogens is 348 g/mol. The zero-order valence-electron chi connectivity index (χ0n) is 13.4. The molecule has 0 spiro atoms. The Labute approximate surface area is 136 Å². The van der Waals surface area contributed by atoms with E-state index < -0.39 is 40.5 Å². The molecule has 0 radical (unpaired) electrons. The molecule has 0 fully saturated rings. The number of aliphatic hydroxyl groups is 2. The highest BCUT2D eigenvalue weighted by molar-refractivity contribution is 8.00. The maximum absolute atomic E-state index is 12.3. The van der Waals surface area contributed by atoms with E-state index in [1.807, 2.05) is 0 Å². The molecule has 0 aromatic rings. The van der Waals surface area contributed by atoms with E-state index in [0.29, 0.717) is 6.42 Å². The van der Waals surface area contributed by atoms with Crippen LogP contribution in [0, 0.1) is 5.41 Å². The third kappa shape index (κ3) is 8.46. The van der Waals surface area contributed by atoms with Crippen molar-refractivity contribution in [3.05, 3.63) is 0 Å². The minimum absolute atomic E-state index is 0.0905. The zero-order valence-corrected chi connectivity index (χ0v) is 14.2. The summed E-state index contributed by atoms with van der Waals surface area (Å²) >= 11 is 1.20. The summed E-state index contributed by atoms with van der Waals surface area (Å²) in [6, 6.07) is 0. The van der Waals surface area contributed by atoms with E-state index in [4.69, 9.17) is 0 Å². The van der Waals surface area contributed by atoms with Gasteiger partial charge in [-0.3, -0.25) is 0 Å². The fraction of sp³-hybridized carbons (Fsp3) is 1.00. The van der Waals surface area contributed by atoms with Crippen molar-refractivity contribution in [2.75, 3.05) is 12.3 Å². The van der Waals surface area contributed by atoms with Crippen molar-refractivity contribution in [3.8, 4) is 0 Å². The van der Waals surface area contributed by atoms with Crippen molar-refractivity contribution in [2.24, 2.45) is 5.41 Å². The van der Waals surface area contributed by atoms with Crippen molar-refractivity contribution >= 4 is 11.8 Å². The predicted molar refractivity (Wildman–Crippen MR) is 76.6 cm³/mol. The number of aliphatic hydroxyl groups excluding tert-OH is 1. The molecule has 0 aliphatic rings. The smallest absolute Gasteiger partial charge is 0.368 e. The van der Waals surface area contributed by atoms with Crippen LogP contribution in [0.4, 0.5) is 26.3 Å². The summed E-state index contributed by atoms with van der Waals surface area (Å²) in [5.41, 5.74) is -0.833. The summed E-state index contributed by atoms with van der Waals surface area (Å²) in [7, 11) is 0. The van der Waals surface area contributed by atoms with Gasteiger partial charge in [-0.25, -0.2) is 0 Å². The molecule has 0 heterocycles. The van der Waals surface area contributed by atoms with Gasteiger partial charge in [0, 0.05) is 16.7 Å². The number of thioether (sulfide) groups is 1. The fourth-order valence-corrected chi connectivity index (χ4v) is 3.51.